The fourth-order valence-electron chi connectivity index (χ4n) is 3.09. The van der Waals surface area contributed by atoms with E-state index < -0.39 is 5.97 Å². The molecule has 0 saturated heterocycles. The molecule has 1 heterocycles. The van der Waals surface area contributed by atoms with Crippen molar-refractivity contribution in [3.63, 3.8) is 0 Å². The molecule has 28 heavy (non-hydrogen) atoms. The van der Waals surface area contributed by atoms with Crippen molar-refractivity contribution in [1.82, 2.24) is 9.78 Å². The van der Waals surface area contributed by atoms with Gasteiger partial charge >= 0.3 is 5.97 Å². The summed E-state index contributed by atoms with van der Waals surface area (Å²) in [6.07, 6.45) is 0. The summed E-state index contributed by atoms with van der Waals surface area (Å²) in [6.45, 7) is 6.43. The van der Waals surface area contributed by atoms with Crippen molar-refractivity contribution in [2.45, 2.75) is 33.9 Å². The summed E-state index contributed by atoms with van der Waals surface area (Å²) in [7, 11) is 1.58. The summed E-state index contributed by atoms with van der Waals surface area (Å²) in [6, 6.07) is 12.7. The maximum atomic E-state index is 12.8. The van der Waals surface area contributed by atoms with E-state index in [1.807, 2.05) is 39.0 Å². The molecule has 0 unspecified atom stereocenters. The lowest BCUT2D eigenvalue weighted by Crippen LogP contribution is -2.28. The second-order valence-corrected chi connectivity index (χ2v) is 7.17. The number of methoxy groups -OCH3 is 1. The van der Waals surface area contributed by atoms with Crippen molar-refractivity contribution in [2.24, 2.45) is 5.92 Å². The third-order valence-corrected chi connectivity index (χ3v) is 4.39. The van der Waals surface area contributed by atoms with Crippen LogP contribution in [0.4, 0.5) is 0 Å². The van der Waals surface area contributed by atoms with E-state index >= 15 is 0 Å². The highest BCUT2D eigenvalue weighted by molar-refractivity contribution is 6.02. The van der Waals surface area contributed by atoms with Gasteiger partial charge in [-0.2, -0.15) is 5.10 Å². The van der Waals surface area contributed by atoms with Crippen molar-refractivity contribution < 1.29 is 14.3 Å². The molecule has 0 atom stereocenters. The maximum absolute atomic E-state index is 12.8. The first kappa shape index (κ1) is 19.6. The molecule has 0 aliphatic carbocycles. The monoisotopic (exact) mass is 380 g/mol. The van der Waals surface area contributed by atoms with Crippen LogP contribution in [0.15, 0.2) is 47.3 Å². The molecule has 2 aromatic carbocycles. The predicted octanol–water partition coefficient (Wildman–Crippen LogP) is 3.73. The number of aromatic nitrogens is 2. The summed E-state index contributed by atoms with van der Waals surface area (Å²) < 4.78 is 12.2. The molecule has 3 rings (SSSR count). The molecular weight excluding hydrogens is 356 g/mol. The summed E-state index contributed by atoms with van der Waals surface area (Å²) in [5.41, 5.74) is 1.75. The van der Waals surface area contributed by atoms with E-state index in [0.29, 0.717) is 23.1 Å². The fraction of sp³-hybridized carbons (Fsp3) is 0.318. The number of rotatable bonds is 6. The molecule has 6 heteroatoms. The molecule has 3 aromatic rings. The molecule has 0 N–H and O–H groups in total. The van der Waals surface area contributed by atoms with Crippen molar-refractivity contribution >= 4 is 16.7 Å². The van der Waals surface area contributed by atoms with Gasteiger partial charge in [0, 0.05) is 17.5 Å². The molecule has 0 spiro atoms. The highest BCUT2D eigenvalue weighted by Crippen LogP contribution is 2.22. The lowest BCUT2D eigenvalue weighted by atomic mass is 10.1. The molecular formula is C22H24N2O4. The minimum Gasteiger partial charge on any atom is -0.496 e. The number of nitrogens with zero attached hydrogens (tertiary/aromatic N) is 2. The molecule has 0 fully saturated rings. The Kier molecular flexibility index (Phi) is 5.78. The van der Waals surface area contributed by atoms with Gasteiger partial charge in [0.15, 0.2) is 5.69 Å². The van der Waals surface area contributed by atoms with E-state index in [1.54, 1.807) is 31.4 Å². The lowest BCUT2D eigenvalue weighted by molar-refractivity contribution is 0.0462. The van der Waals surface area contributed by atoms with E-state index in [4.69, 9.17) is 9.47 Å². The molecule has 0 saturated carbocycles. The number of fused-ring (bicyclic) bond motifs is 1. The Hall–Kier alpha value is -3.15. The van der Waals surface area contributed by atoms with Crippen LogP contribution in [0.25, 0.3) is 10.8 Å². The van der Waals surface area contributed by atoms with Gasteiger partial charge in [-0.15, -0.1) is 0 Å². The van der Waals surface area contributed by atoms with Crippen LogP contribution in [0.5, 0.6) is 5.75 Å². The minimum absolute atomic E-state index is 0.0585. The number of aryl methyl sites for hydroxylation is 1. The molecule has 0 aliphatic rings. The zero-order valence-electron chi connectivity index (χ0n) is 16.6. The summed E-state index contributed by atoms with van der Waals surface area (Å²) in [5.74, 6) is 0.296. The number of hydrogen-bond acceptors (Lipinski definition) is 5. The van der Waals surface area contributed by atoms with Crippen LogP contribution in [0.1, 0.15) is 35.5 Å². The largest absolute Gasteiger partial charge is 0.496 e. The Morgan fingerprint density at radius 1 is 1.14 bits per heavy atom. The van der Waals surface area contributed by atoms with Crippen molar-refractivity contribution in [3.05, 3.63) is 69.6 Å². The maximum Gasteiger partial charge on any atom is 0.359 e. The highest BCUT2D eigenvalue weighted by Gasteiger charge is 2.19. The normalized spacial score (nSPS) is 11.0. The smallest absolute Gasteiger partial charge is 0.359 e. The molecule has 1 aromatic heterocycles. The van der Waals surface area contributed by atoms with Crippen LogP contribution in [0.3, 0.4) is 0 Å². The predicted molar refractivity (Wildman–Crippen MR) is 108 cm³/mol. The zero-order valence-corrected chi connectivity index (χ0v) is 16.6. The lowest BCUT2D eigenvalue weighted by Gasteiger charge is -2.13. The van der Waals surface area contributed by atoms with Crippen LogP contribution in [0, 0.1) is 12.8 Å². The van der Waals surface area contributed by atoms with Gasteiger partial charge in [-0.1, -0.05) is 43.7 Å². The van der Waals surface area contributed by atoms with E-state index in [2.05, 4.69) is 5.10 Å². The van der Waals surface area contributed by atoms with Crippen molar-refractivity contribution in [3.8, 4) is 5.75 Å². The van der Waals surface area contributed by atoms with Crippen LogP contribution >= 0.6 is 0 Å². The van der Waals surface area contributed by atoms with Gasteiger partial charge in [0.05, 0.1) is 12.5 Å². The number of hydrogen-bond donors (Lipinski definition) is 0. The quantitative estimate of drug-likeness (QED) is 0.610. The Morgan fingerprint density at radius 2 is 1.86 bits per heavy atom. The SMILES string of the molecule is COc1ccc(C)cc1COC(=O)c1nn(CC(C)C)c(=O)c2ccccc12. The third kappa shape index (κ3) is 4.06. The average molecular weight is 380 g/mol. The number of ether oxygens (including phenoxy) is 2. The Bertz CT molecular complexity index is 1070. The molecule has 6 nitrogen and oxygen atoms in total. The number of esters is 1. The van der Waals surface area contributed by atoms with Gasteiger partial charge in [-0.3, -0.25) is 4.79 Å². The fourth-order valence-corrected chi connectivity index (χ4v) is 3.09. The van der Waals surface area contributed by atoms with Gasteiger partial charge in [0.2, 0.25) is 0 Å². The first-order valence-electron chi connectivity index (χ1n) is 9.21. The third-order valence-electron chi connectivity index (χ3n) is 4.39. The number of carbonyl (C=O) groups is 1. The van der Waals surface area contributed by atoms with Crippen LogP contribution in [-0.2, 0) is 17.9 Å². The summed E-state index contributed by atoms with van der Waals surface area (Å²) >= 11 is 0. The van der Waals surface area contributed by atoms with E-state index in [-0.39, 0.29) is 23.8 Å². The van der Waals surface area contributed by atoms with Gasteiger partial charge < -0.3 is 9.47 Å². The molecule has 0 bridgehead atoms. The van der Waals surface area contributed by atoms with E-state index in [0.717, 1.165) is 11.1 Å². The summed E-state index contributed by atoms with van der Waals surface area (Å²) in [5, 5.41) is 5.26. The zero-order chi connectivity index (χ0) is 20.3. The minimum atomic E-state index is -0.572. The van der Waals surface area contributed by atoms with Crippen LogP contribution in [0.2, 0.25) is 0 Å². The van der Waals surface area contributed by atoms with Gasteiger partial charge in [0.1, 0.15) is 12.4 Å². The molecule has 0 amide bonds. The molecule has 0 radical (unpaired) electrons. The van der Waals surface area contributed by atoms with Crippen molar-refractivity contribution in [2.75, 3.05) is 7.11 Å². The second-order valence-electron chi connectivity index (χ2n) is 7.17. The Morgan fingerprint density at radius 3 is 2.54 bits per heavy atom. The van der Waals surface area contributed by atoms with Crippen molar-refractivity contribution in [1.29, 1.82) is 0 Å². The second kappa shape index (κ2) is 8.25. The molecule has 0 aliphatic heterocycles. The van der Waals surface area contributed by atoms with Gasteiger partial charge in [0.25, 0.3) is 5.56 Å². The Balaban J connectivity index is 1.96. The van der Waals surface area contributed by atoms with Crippen LogP contribution < -0.4 is 10.3 Å². The standard InChI is InChI=1S/C22H24N2O4/c1-14(2)12-24-21(25)18-8-6-5-7-17(18)20(23-24)22(26)28-13-16-11-15(3)9-10-19(16)27-4/h5-11,14H,12-13H2,1-4H3. The van der Waals surface area contributed by atoms with Gasteiger partial charge in [-0.25, -0.2) is 9.48 Å². The topological polar surface area (TPSA) is 70.4 Å². The first-order chi connectivity index (χ1) is 13.4. The summed E-state index contributed by atoms with van der Waals surface area (Å²) in [4.78, 5) is 25.5. The van der Waals surface area contributed by atoms with Crippen LogP contribution in [-0.4, -0.2) is 22.9 Å². The Labute approximate surface area is 163 Å². The molecule has 146 valence electrons. The number of carbonyl (C=O) groups excluding carboxylic acids is 1. The average Bonchev–Trinajstić information content (AvgIpc) is 2.68. The van der Waals surface area contributed by atoms with Gasteiger partial charge in [-0.05, 0) is 31.0 Å². The van der Waals surface area contributed by atoms with E-state index in [9.17, 15) is 9.59 Å². The number of benzene rings is 2. The first-order valence-corrected chi connectivity index (χ1v) is 9.21. The van der Waals surface area contributed by atoms with E-state index in [1.165, 1.54) is 4.68 Å². The highest BCUT2D eigenvalue weighted by atomic mass is 16.5.